The number of rotatable bonds is 6. The van der Waals surface area contributed by atoms with E-state index in [-0.39, 0.29) is 41.3 Å². The number of aliphatic imine (C=N–C) groups is 1. The van der Waals surface area contributed by atoms with Crippen molar-refractivity contribution >= 4 is 35.8 Å². The standard InChI is InChI=1S/C19H37N5O.HI/c1-6-21-17(24-14-18(2,3)19(24,4)5)22-10-8-12-23-11-7-9-15(13-23)16(20)25;/h15H,6-14H2,1-5H3,(H2,20,25)(H,21,22);1H. The minimum absolute atomic E-state index is 0. The molecule has 2 heterocycles. The second-order valence-corrected chi connectivity index (χ2v) is 8.66. The average Bonchev–Trinajstić information content (AvgIpc) is 2.56. The first-order valence-corrected chi connectivity index (χ1v) is 9.76. The number of nitrogens with two attached hydrogens (primary N) is 1. The van der Waals surface area contributed by atoms with Crippen LogP contribution in [0.25, 0.3) is 0 Å². The van der Waals surface area contributed by atoms with Crippen LogP contribution in [-0.4, -0.2) is 66.5 Å². The highest BCUT2D eigenvalue weighted by molar-refractivity contribution is 14.0. The van der Waals surface area contributed by atoms with Gasteiger partial charge in [0.2, 0.25) is 5.91 Å². The molecular formula is C19H38IN5O. The third-order valence-corrected chi connectivity index (χ3v) is 6.28. The first-order valence-electron chi connectivity index (χ1n) is 9.76. The van der Waals surface area contributed by atoms with Gasteiger partial charge in [-0.25, -0.2) is 0 Å². The van der Waals surface area contributed by atoms with E-state index in [4.69, 9.17) is 10.7 Å². The lowest BCUT2D eigenvalue weighted by atomic mass is 9.65. The van der Waals surface area contributed by atoms with Crippen LogP contribution in [0, 0.1) is 11.3 Å². The van der Waals surface area contributed by atoms with E-state index in [1.807, 2.05) is 0 Å². The Morgan fingerprint density at radius 1 is 1.31 bits per heavy atom. The summed E-state index contributed by atoms with van der Waals surface area (Å²) in [7, 11) is 0. The molecule has 0 radical (unpaired) electrons. The molecule has 2 aliphatic rings. The van der Waals surface area contributed by atoms with E-state index in [0.717, 1.165) is 64.5 Å². The maximum absolute atomic E-state index is 11.4. The molecule has 0 spiro atoms. The highest BCUT2D eigenvalue weighted by atomic mass is 127. The molecule has 0 aromatic heterocycles. The first-order chi connectivity index (χ1) is 11.7. The molecule has 0 aromatic carbocycles. The van der Waals surface area contributed by atoms with Gasteiger partial charge in [0.25, 0.3) is 0 Å². The molecule has 0 bridgehead atoms. The van der Waals surface area contributed by atoms with Crippen molar-refractivity contribution in [1.29, 1.82) is 0 Å². The van der Waals surface area contributed by atoms with Gasteiger partial charge in [-0.15, -0.1) is 24.0 Å². The van der Waals surface area contributed by atoms with Crippen molar-refractivity contribution in [2.75, 3.05) is 39.3 Å². The van der Waals surface area contributed by atoms with Crippen LogP contribution in [0.2, 0.25) is 0 Å². The molecule has 0 aromatic rings. The molecule has 1 unspecified atom stereocenters. The number of guanidine groups is 1. The second kappa shape index (κ2) is 9.57. The van der Waals surface area contributed by atoms with Crippen molar-refractivity contribution in [3.63, 3.8) is 0 Å². The number of likely N-dealkylation sites (tertiary alicyclic amines) is 2. The molecule has 0 aliphatic carbocycles. The van der Waals surface area contributed by atoms with Crippen LogP contribution < -0.4 is 11.1 Å². The van der Waals surface area contributed by atoms with E-state index in [1.165, 1.54) is 0 Å². The van der Waals surface area contributed by atoms with E-state index >= 15 is 0 Å². The molecule has 7 heteroatoms. The van der Waals surface area contributed by atoms with Crippen molar-refractivity contribution < 1.29 is 4.79 Å². The van der Waals surface area contributed by atoms with Gasteiger partial charge in [-0.05, 0) is 53.1 Å². The van der Waals surface area contributed by atoms with Gasteiger partial charge < -0.3 is 20.9 Å². The molecule has 1 atom stereocenters. The van der Waals surface area contributed by atoms with E-state index in [1.54, 1.807) is 0 Å². The van der Waals surface area contributed by atoms with Gasteiger partial charge in [0.15, 0.2) is 5.96 Å². The number of hydrogen-bond acceptors (Lipinski definition) is 3. The maximum atomic E-state index is 11.4. The van der Waals surface area contributed by atoms with E-state index in [2.05, 4.69) is 49.7 Å². The SMILES string of the molecule is CCNC(=NCCCN1CCCC(C(N)=O)C1)N1CC(C)(C)C1(C)C.I. The zero-order valence-corrected chi connectivity index (χ0v) is 19.5. The molecule has 1 amide bonds. The molecule has 6 nitrogen and oxygen atoms in total. The summed E-state index contributed by atoms with van der Waals surface area (Å²) in [5.41, 5.74) is 5.89. The summed E-state index contributed by atoms with van der Waals surface area (Å²) < 4.78 is 0. The molecule has 2 rings (SSSR count). The van der Waals surface area contributed by atoms with Crippen LogP contribution in [0.3, 0.4) is 0 Å². The summed E-state index contributed by atoms with van der Waals surface area (Å²) in [6.07, 6.45) is 3.02. The summed E-state index contributed by atoms with van der Waals surface area (Å²) in [5, 5.41) is 3.44. The van der Waals surface area contributed by atoms with Gasteiger partial charge in [0.05, 0.1) is 5.92 Å². The van der Waals surface area contributed by atoms with Crippen LogP contribution in [0.5, 0.6) is 0 Å². The zero-order chi connectivity index (χ0) is 18.7. The smallest absolute Gasteiger partial charge is 0.221 e. The first kappa shape index (κ1) is 23.5. The molecule has 2 fully saturated rings. The molecular weight excluding hydrogens is 441 g/mol. The number of halogens is 1. The van der Waals surface area contributed by atoms with Crippen LogP contribution in [-0.2, 0) is 4.79 Å². The minimum Gasteiger partial charge on any atom is -0.369 e. The van der Waals surface area contributed by atoms with Gasteiger partial charge >= 0.3 is 0 Å². The van der Waals surface area contributed by atoms with Gasteiger partial charge in [-0.1, -0.05) is 13.8 Å². The van der Waals surface area contributed by atoms with Gasteiger partial charge in [-0.2, -0.15) is 0 Å². The fourth-order valence-corrected chi connectivity index (χ4v) is 3.77. The Morgan fingerprint density at radius 3 is 2.54 bits per heavy atom. The van der Waals surface area contributed by atoms with Gasteiger partial charge in [0, 0.05) is 37.1 Å². The van der Waals surface area contributed by atoms with Crippen molar-refractivity contribution in [3.05, 3.63) is 0 Å². The highest BCUT2D eigenvalue weighted by Crippen LogP contribution is 2.46. The van der Waals surface area contributed by atoms with E-state index < -0.39 is 0 Å². The molecule has 0 saturated carbocycles. The molecule has 26 heavy (non-hydrogen) atoms. The molecule has 2 aliphatic heterocycles. The molecule has 152 valence electrons. The van der Waals surface area contributed by atoms with Crippen LogP contribution in [0.1, 0.15) is 53.9 Å². The summed E-state index contributed by atoms with van der Waals surface area (Å²) in [6, 6.07) is 0. The van der Waals surface area contributed by atoms with Crippen LogP contribution in [0.4, 0.5) is 0 Å². The van der Waals surface area contributed by atoms with Gasteiger partial charge in [0.1, 0.15) is 0 Å². The normalized spacial score (nSPS) is 25.2. The number of amides is 1. The zero-order valence-electron chi connectivity index (χ0n) is 17.2. The minimum atomic E-state index is -0.153. The summed E-state index contributed by atoms with van der Waals surface area (Å²) in [5.74, 6) is 0.902. The fraction of sp³-hybridized carbons (Fsp3) is 0.895. The number of hydrogen-bond donors (Lipinski definition) is 2. The van der Waals surface area contributed by atoms with Crippen molar-refractivity contribution in [2.24, 2.45) is 22.1 Å². The lowest BCUT2D eigenvalue weighted by Gasteiger charge is -2.62. The largest absolute Gasteiger partial charge is 0.369 e. The Kier molecular flexibility index (Phi) is 8.64. The highest BCUT2D eigenvalue weighted by Gasteiger charge is 2.53. The Bertz CT molecular complexity index is 506. The van der Waals surface area contributed by atoms with Crippen molar-refractivity contribution in [3.8, 4) is 0 Å². The summed E-state index contributed by atoms with van der Waals surface area (Å²) >= 11 is 0. The second-order valence-electron chi connectivity index (χ2n) is 8.66. The Balaban J connectivity index is 0.00000338. The number of primary amides is 1. The topological polar surface area (TPSA) is 74.0 Å². The monoisotopic (exact) mass is 479 g/mol. The third-order valence-electron chi connectivity index (χ3n) is 6.28. The number of carbonyl (C=O) groups is 1. The number of carbonyl (C=O) groups excluding carboxylic acids is 1. The van der Waals surface area contributed by atoms with Crippen LogP contribution >= 0.6 is 24.0 Å². The third kappa shape index (κ3) is 5.24. The molecule has 3 N–H and O–H groups in total. The Hall–Kier alpha value is -0.570. The average molecular weight is 479 g/mol. The predicted octanol–water partition coefficient (Wildman–Crippen LogP) is 2.28. The summed E-state index contributed by atoms with van der Waals surface area (Å²) in [4.78, 5) is 21.0. The molecule has 2 saturated heterocycles. The Labute approximate surface area is 176 Å². The number of nitrogens with one attached hydrogen (secondary N) is 1. The van der Waals surface area contributed by atoms with E-state index in [9.17, 15) is 4.79 Å². The fourth-order valence-electron chi connectivity index (χ4n) is 3.77. The predicted molar refractivity (Wildman–Crippen MR) is 119 cm³/mol. The lowest BCUT2D eigenvalue weighted by molar-refractivity contribution is -0.123. The van der Waals surface area contributed by atoms with Crippen molar-refractivity contribution in [1.82, 2.24) is 15.1 Å². The lowest BCUT2D eigenvalue weighted by Crippen LogP contribution is -2.72. The summed E-state index contributed by atoms with van der Waals surface area (Å²) in [6.45, 7) is 16.9. The maximum Gasteiger partial charge on any atom is 0.221 e. The quantitative estimate of drug-likeness (QED) is 0.265. The number of nitrogens with zero attached hydrogens (tertiary/aromatic N) is 3. The van der Waals surface area contributed by atoms with Gasteiger partial charge in [-0.3, -0.25) is 9.79 Å². The number of piperidine rings is 1. The van der Waals surface area contributed by atoms with Crippen molar-refractivity contribution in [2.45, 2.75) is 59.4 Å². The Morgan fingerprint density at radius 2 is 2.00 bits per heavy atom. The van der Waals surface area contributed by atoms with Crippen LogP contribution in [0.15, 0.2) is 4.99 Å². The van der Waals surface area contributed by atoms with E-state index in [0.29, 0.717) is 5.41 Å².